The topological polar surface area (TPSA) is 102 Å². The summed E-state index contributed by atoms with van der Waals surface area (Å²) in [5.41, 5.74) is 2.17. The molecule has 1 heterocycles. The molecule has 152 valence electrons. The van der Waals surface area contributed by atoms with Crippen molar-refractivity contribution in [2.24, 2.45) is 7.05 Å². The van der Waals surface area contributed by atoms with E-state index in [0.717, 1.165) is 16.7 Å². The number of para-hydroxylation sites is 1. The maximum atomic E-state index is 13.1. The summed E-state index contributed by atoms with van der Waals surface area (Å²) >= 11 is 5.79. The third-order valence-electron chi connectivity index (χ3n) is 3.90. The van der Waals surface area contributed by atoms with Gasteiger partial charge in [0.05, 0.1) is 16.3 Å². The zero-order chi connectivity index (χ0) is 21.4. The van der Waals surface area contributed by atoms with E-state index in [4.69, 9.17) is 17.3 Å². The molecule has 28 heavy (non-hydrogen) atoms. The highest BCUT2D eigenvalue weighted by atomic mass is 35.5. The van der Waals surface area contributed by atoms with Gasteiger partial charge in [0.2, 0.25) is 5.91 Å². The maximum Gasteiger partial charge on any atom is 0.418 e. The molecule has 2 aromatic rings. The smallest absolute Gasteiger partial charge is 0.383 e. The van der Waals surface area contributed by atoms with Crippen molar-refractivity contribution in [1.82, 2.24) is 9.13 Å². The highest BCUT2D eigenvalue weighted by Gasteiger charge is 2.35. The highest BCUT2D eigenvalue weighted by Crippen LogP contribution is 2.38. The van der Waals surface area contributed by atoms with Gasteiger partial charge in [-0.3, -0.25) is 14.2 Å². The number of hydrogen-bond donors (Lipinski definition) is 2. The SMILES string of the molecule is CN(C)c1c(N)n(C)c(=O)n(CC(=O)Nc2c(Cl)cccc2C(F)(F)F)c1=O. The number of benzene rings is 1. The van der Waals surface area contributed by atoms with Crippen molar-refractivity contribution in [1.29, 1.82) is 0 Å². The van der Waals surface area contributed by atoms with Crippen molar-refractivity contribution < 1.29 is 18.0 Å². The van der Waals surface area contributed by atoms with Crippen molar-refractivity contribution in [3.8, 4) is 0 Å². The van der Waals surface area contributed by atoms with Crippen molar-refractivity contribution in [3.05, 3.63) is 49.6 Å². The summed E-state index contributed by atoms with van der Waals surface area (Å²) in [6.45, 7) is -0.824. The third-order valence-corrected chi connectivity index (χ3v) is 4.22. The molecule has 0 atom stereocenters. The number of hydrogen-bond acceptors (Lipinski definition) is 5. The van der Waals surface area contributed by atoms with Crippen molar-refractivity contribution in [3.63, 3.8) is 0 Å². The molecule has 0 fully saturated rings. The summed E-state index contributed by atoms with van der Waals surface area (Å²) in [6, 6.07) is 3.01. The molecule has 12 heteroatoms. The Labute approximate surface area is 161 Å². The Balaban J connectivity index is 2.47. The number of anilines is 3. The molecule has 0 saturated carbocycles. The number of aromatic nitrogens is 2. The van der Waals surface area contributed by atoms with Crippen LogP contribution in [0.25, 0.3) is 0 Å². The molecule has 0 radical (unpaired) electrons. The fraction of sp³-hybridized carbons (Fsp3) is 0.312. The van der Waals surface area contributed by atoms with Crippen LogP contribution in [-0.2, 0) is 24.6 Å². The van der Waals surface area contributed by atoms with Gasteiger partial charge in [0, 0.05) is 21.1 Å². The molecule has 0 bridgehead atoms. The first-order valence-electron chi connectivity index (χ1n) is 7.78. The molecular formula is C16H17ClF3N5O3. The van der Waals surface area contributed by atoms with Crippen LogP contribution in [0, 0.1) is 0 Å². The van der Waals surface area contributed by atoms with E-state index in [-0.39, 0.29) is 16.5 Å². The third kappa shape index (κ3) is 3.98. The lowest BCUT2D eigenvalue weighted by molar-refractivity contribution is -0.137. The molecule has 1 amide bonds. The van der Waals surface area contributed by atoms with Crippen LogP contribution in [-0.4, -0.2) is 29.1 Å². The molecule has 0 unspecified atom stereocenters. The van der Waals surface area contributed by atoms with E-state index in [1.807, 2.05) is 5.32 Å². The summed E-state index contributed by atoms with van der Waals surface area (Å²) in [7, 11) is 4.33. The van der Waals surface area contributed by atoms with Crippen LogP contribution in [0.5, 0.6) is 0 Å². The number of nitrogens with one attached hydrogen (secondary N) is 1. The molecule has 0 aliphatic carbocycles. The Bertz CT molecular complexity index is 1040. The van der Waals surface area contributed by atoms with Gasteiger partial charge in [-0.25, -0.2) is 9.36 Å². The predicted octanol–water partition coefficient (Wildman–Crippen LogP) is 1.51. The minimum atomic E-state index is -4.76. The van der Waals surface area contributed by atoms with Gasteiger partial charge in [-0.1, -0.05) is 17.7 Å². The zero-order valence-corrected chi connectivity index (χ0v) is 15.9. The highest BCUT2D eigenvalue weighted by molar-refractivity contribution is 6.34. The minimum absolute atomic E-state index is 0.0383. The lowest BCUT2D eigenvalue weighted by Crippen LogP contribution is -2.44. The zero-order valence-electron chi connectivity index (χ0n) is 15.1. The summed E-state index contributed by atoms with van der Waals surface area (Å²) in [5, 5.41) is 1.69. The number of carbonyl (C=O) groups excluding carboxylic acids is 1. The normalized spacial score (nSPS) is 11.4. The predicted molar refractivity (Wildman–Crippen MR) is 99.8 cm³/mol. The molecule has 1 aromatic carbocycles. The van der Waals surface area contributed by atoms with Gasteiger partial charge in [-0.2, -0.15) is 13.2 Å². The molecule has 0 saturated heterocycles. The Hall–Kier alpha value is -2.95. The van der Waals surface area contributed by atoms with Gasteiger partial charge in [-0.05, 0) is 12.1 Å². The number of nitrogen functional groups attached to an aromatic ring is 1. The fourth-order valence-corrected chi connectivity index (χ4v) is 2.76. The van der Waals surface area contributed by atoms with E-state index in [0.29, 0.717) is 4.57 Å². The molecule has 0 spiro atoms. The Kier molecular flexibility index (Phi) is 5.78. The van der Waals surface area contributed by atoms with E-state index in [2.05, 4.69) is 0 Å². The van der Waals surface area contributed by atoms with Crippen molar-refractivity contribution >= 4 is 34.7 Å². The van der Waals surface area contributed by atoms with Crippen LogP contribution in [0.2, 0.25) is 5.02 Å². The summed E-state index contributed by atoms with van der Waals surface area (Å²) in [6.07, 6.45) is -4.76. The summed E-state index contributed by atoms with van der Waals surface area (Å²) < 4.78 is 40.9. The van der Waals surface area contributed by atoms with Gasteiger partial charge in [0.15, 0.2) is 0 Å². The van der Waals surface area contributed by atoms with E-state index in [1.54, 1.807) is 0 Å². The number of amides is 1. The number of rotatable bonds is 4. The van der Waals surface area contributed by atoms with Crippen LogP contribution in [0.15, 0.2) is 27.8 Å². The number of alkyl halides is 3. The van der Waals surface area contributed by atoms with Crippen LogP contribution in [0.4, 0.5) is 30.4 Å². The summed E-state index contributed by atoms with van der Waals surface area (Å²) in [5.74, 6) is -1.14. The second-order valence-electron chi connectivity index (χ2n) is 6.07. The Morgan fingerprint density at radius 2 is 1.89 bits per heavy atom. The largest absolute Gasteiger partial charge is 0.418 e. The fourth-order valence-electron chi connectivity index (χ4n) is 2.54. The first-order valence-corrected chi connectivity index (χ1v) is 8.16. The van der Waals surface area contributed by atoms with Crippen molar-refractivity contribution in [2.75, 3.05) is 30.0 Å². The molecule has 2 rings (SSSR count). The molecular weight excluding hydrogens is 403 g/mol. The second-order valence-corrected chi connectivity index (χ2v) is 6.48. The van der Waals surface area contributed by atoms with Crippen LogP contribution in [0.3, 0.4) is 0 Å². The van der Waals surface area contributed by atoms with E-state index in [1.165, 1.54) is 32.1 Å². The molecule has 1 aromatic heterocycles. The summed E-state index contributed by atoms with van der Waals surface area (Å²) in [4.78, 5) is 38.5. The molecule has 0 aliphatic heterocycles. The van der Waals surface area contributed by atoms with E-state index >= 15 is 0 Å². The average molecular weight is 420 g/mol. The Morgan fingerprint density at radius 3 is 2.43 bits per heavy atom. The number of nitrogens with two attached hydrogens (primary N) is 1. The van der Waals surface area contributed by atoms with Gasteiger partial charge >= 0.3 is 11.9 Å². The second kappa shape index (κ2) is 7.58. The number of halogens is 4. The first kappa shape index (κ1) is 21.4. The van der Waals surface area contributed by atoms with Crippen molar-refractivity contribution in [2.45, 2.75) is 12.7 Å². The molecule has 3 N–H and O–H groups in total. The monoisotopic (exact) mass is 419 g/mol. The van der Waals surface area contributed by atoms with E-state index < -0.39 is 41.1 Å². The van der Waals surface area contributed by atoms with Crippen LogP contribution < -0.4 is 27.2 Å². The van der Waals surface area contributed by atoms with Gasteiger partial charge in [0.25, 0.3) is 5.56 Å². The lowest BCUT2D eigenvalue weighted by Gasteiger charge is -2.19. The van der Waals surface area contributed by atoms with Gasteiger partial charge in [0.1, 0.15) is 18.1 Å². The number of carbonyl (C=O) groups is 1. The molecule has 8 nitrogen and oxygen atoms in total. The quantitative estimate of drug-likeness (QED) is 0.782. The van der Waals surface area contributed by atoms with Crippen LogP contribution >= 0.6 is 11.6 Å². The number of nitrogens with zero attached hydrogens (tertiary/aromatic N) is 3. The lowest BCUT2D eigenvalue weighted by atomic mass is 10.1. The van der Waals surface area contributed by atoms with Gasteiger partial charge < -0.3 is 16.0 Å². The maximum absolute atomic E-state index is 13.1. The standard InChI is InChI=1S/C16H17ClF3N5O3/c1-23(2)12-13(21)24(3)15(28)25(14(12)27)7-10(26)22-11-8(16(18,19)20)5-4-6-9(11)17/h4-6H,7,21H2,1-3H3,(H,22,26). The van der Waals surface area contributed by atoms with Crippen LogP contribution in [0.1, 0.15) is 5.56 Å². The molecule has 0 aliphatic rings. The Morgan fingerprint density at radius 1 is 1.29 bits per heavy atom. The van der Waals surface area contributed by atoms with Gasteiger partial charge in [-0.15, -0.1) is 0 Å². The average Bonchev–Trinajstić information content (AvgIpc) is 2.57. The van der Waals surface area contributed by atoms with E-state index in [9.17, 15) is 27.6 Å². The minimum Gasteiger partial charge on any atom is -0.383 e. The first-order chi connectivity index (χ1) is 12.9.